The average molecular weight is 690 g/mol. The molecule has 0 saturated carbocycles. The first-order valence-electron chi connectivity index (χ1n) is 18.8. The van der Waals surface area contributed by atoms with Crippen molar-refractivity contribution in [2.75, 3.05) is 4.90 Å². The summed E-state index contributed by atoms with van der Waals surface area (Å²) in [5, 5.41) is 7.76. The van der Waals surface area contributed by atoms with Crippen molar-refractivity contribution in [3.8, 4) is 22.3 Å². The molecule has 0 unspecified atom stereocenters. The van der Waals surface area contributed by atoms with Gasteiger partial charge in [0, 0.05) is 22.5 Å². The van der Waals surface area contributed by atoms with Crippen LogP contribution in [0.2, 0.25) is 0 Å². The maximum Gasteiger partial charge on any atom is 0.0462 e. The molecule has 54 heavy (non-hydrogen) atoms. The minimum absolute atomic E-state index is 0.0525. The third kappa shape index (κ3) is 5.32. The Labute approximate surface area is 317 Å². The van der Waals surface area contributed by atoms with Crippen molar-refractivity contribution in [1.29, 1.82) is 0 Å². The van der Waals surface area contributed by atoms with Crippen molar-refractivity contribution in [3.05, 3.63) is 211 Å². The maximum absolute atomic E-state index is 2.37. The van der Waals surface area contributed by atoms with Gasteiger partial charge in [0.25, 0.3) is 0 Å². The molecule has 0 heterocycles. The zero-order chi connectivity index (χ0) is 36.2. The van der Waals surface area contributed by atoms with E-state index in [2.05, 4.69) is 219 Å². The van der Waals surface area contributed by atoms with Crippen LogP contribution in [0.15, 0.2) is 194 Å². The van der Waals surface area contributed by atoms with Crippen molar-refractivity contribution >= 4 is 61.0 Å². The number of allylic oxidation sites excluding steroid dienone is 1. The number of benzene rings is 9. The molecule has 1 aliphatic rings. The fourth-order valence-electron chi connectivity index (χ4n) is 8.68. The Morgan fingerprint density at radius 3 is 1.30 bits per heavy atom. The van der Waals surface area contributed by atoms with Gasteiger partial charge < -0.3 is 4.90 Å². The minimum atomic E-state index is -0.0525. The van der Waals surface area contributed by atoms with Crippen molar-refractivity contribution in [2.45, 2.75) is 19.3 Å². The lowest BCUT2D eigenvalue weighted by molar-refractivity contribution is 0.704. The van der Waals surface area contributed by atoms with Gasteiger partial charge in [-0.1, -0.05) is 166 Å². The van der Waals surface area contributed by atoms with E-state index in [1.807, 2.05) is 0 Å². The molecule has 0 fully saturated rings. The second-order valence-electron chi connectivity index (χ2n) is 15.0. The van der Waals surface area contributed by atoms with Crippen LogP contribution in [0.5, 0.6) is 0 Å². The highest BCUT2D eigenvalue weighted by molar-refractivity contribution is 6.25. The van der Waals surface area contributed by atoms with Crippen LogP contribution in [0, 0.1) is 0 Å². The van der Waals surface area contributed by atoms with Crippen LogP contribution in [-0.4, -0.2) is 0 Å². The number of fused-ring (bicyclic) bond motifs is 7. The van der Waals surface area contributed by atoms with Gasteiger partial charge in [0.1, 0.15) is 0 Å². The standard InChI is InChI=1S/C53H39N/c1-53(2)51-19-11-6-14-41(51)35-52(53)39-24-31-44(32-25-39)54(42-27-20-37(21-28-42)36-12-4-3-5-13-36)43-29-22-38(23-30-43)40-26-33-49-47-17-8-7-15-45(47)46-16-9-10-18-48(46)50(49)34-40/h3-35H,1-2H3. The molecule has 0 atom stereocenters. The highest BCUT2D eigenvalue weighted by Gasteiger charge is 2.33. The van der Waals surface area contributed by atoms with Gasteiger partial charge in [-0.15, -0.1) is 0 Å². The Hall–Kier alpha value is -6.70. The van der Waals surface area contributed by atoms with E-state index < -0.39 is 0 Å². The first-order valence-corrected chi connectivity index (χ1v) is 18.8. The fourth-order valence-corrected chi connectivity index (χ4v) is 8.68. The summed E-state index contributed by atoms with van der Waals surface area (Å²) in [5.41, 5.74) is 13.4. The fraction of sp³-hybridized carbons (Fsp3) is 0.0566. The molecule has 1 heteroatoms. The van der Waals surface area contributed by atoms with E-state index in [0.29, 0.717) is 0 Å². The van der Waals surface area contributed by atoms with E-state index in [1.165, 1.54) is 76.8 Å². The monoisotopic (exact) mass is 689 g/mol. The molecule has 0 saturated heterocycles. The highest BCUT2D eigenvalue weighted by Crippen LogP contribution is 2.47. The van der Waals surface area contributed by atoms with Gasteiger partial charge in [0.2, 0.25) is 0 Å². The van der Waals surface area contributed by atoms with E-state index in [9.17, 15) is 0 Å². The largest absolute Gasteiger partial charge is 0.311 e. The molecule has 256 valence electrons. The first-order chi connectivity index (χ1) is 26.5. The van der Waals surface area contributed by atoms with Crippen LogP contribution in [0.1, 0.15) is 30.5 Å². The van der Waals surface area contributed by atoms with E-state index >= 15 is 0 Å². The predicted molar refractivity (Wildman–Crippen MR) is 232 cm³/mol. The van der Waals surface area contributed by atoms with Crippen molar-refractivity contribution in [2.24, 2.45) is 0 Å². The molecule has 0 radical (unpaired) electrons. The topological polar surface area (TPSA) is 3.24 Å². The molecule has 9 aromatic rings. The zero-order valence-electron chi connectivity index (χ0n) is 30.5. The lowest BCUT2D eigenvalue weighted by atomic mass is 9.78. The van der Waals surface area contributed by atoms with Gasteiger partial charge in [-0.2, -0.15) is 0 Å². The van der Waals surface area contributed by atoms with Gasteiger partial charge >= 0.3 is 0 Å². The Morgan fingerprint density at radius 1 is 0.333 bits per heavy atom. The Morgan fingerprint density at radius 2 is 0.741 bits per heavy atom. The molecule has 0 bridgehead atoms. The Bertz CT molecular complexity index is 2830. The summed E-state index contributed by atoms with van der Waals surface area (Å²) >= 11 is 0. The van der Waals surface area contributed by atoms with Gasteiger partial charge in [-0.25, -0.2) is 0 Å². The van der Waals surface area contributed by atoms with E-state index in [-0.39, 0.29) is 5.41 Å². The van der Waals surface area contributed by atoms with Gasteiger partial charge in [-0.05, 0) is 125 Å². The maximum atomic E-state index is 2.37. The van der Waals surface area contributed by atoms with Gasteiger partial charge in [0.05, 0.1) is 0 Å². The van der Waals surface area contributed by atoms with E-state index in [4.69, 9.17) is 0 Å². The Kier molecular flexibility index (Phi) is 7.56. The zero-order valence-corrected chi connectivity index (χ0v) is 30.5. The smallest absolute Gasteiger partial charge is 0.0462 e. The number of anilines is 3. The van der Waals surface area contributed by atoms with Crippen molar-refractivity contribution in [3.63, 3.8) is 0 Å². The molecular weight excluding hydrogens is 651 g/mol. The molecule has 9 aromatic carbocycles. The summed E-state index contributed by atoms with van der Waals surface area (Å²) in [7, 11) is 0. The summed E-state index contributed by atoms with van der Waals surface area (Å²) in [6.45, 7) is 4.67. The lowest BCUT2D eigenvalue weighted by Gasteiger charge is -2.28. The molecule has 0 amide bonds. The lowest BCUT2D eigenvalue weighted by Crippen LogP contribution is -2.16. The quantitative estimate of drug-likeness (QED) is 0.157. The normalized spacial score (nSPS) is 13.3. The molecule has 0 aliphatic heterocycles. The van der Waals surface area contributed by atoms with Crippen LogP contribution in [0.25, 0.3) is 66.2 Å². The summed E-state index contributed by atoms with van der Waals surface area (Å²) < 4.78 is 0. The van der Waals surface area contributed by atoms with E-state index in [0.717, 1.165) is 17.1 Å². The summed E-state index contributed by atoms with van der Waals surface area (Å²) in [6, 6.07) is 71.0. The number of rotatable bonds is 6. The summed E-state index contributed by atoms with van der Waals surface area (Å²) in [4.78, 5) is 2.37. The Balaban J connectivity index is 1.04. The molecule has 1 aliphatic carbocycles. The van der Waals surface area contributed by atoms with Crippen LogP contribution in [0.4, 0.5) is 17.1 Å². The number of nitrogens with zero attached hydrogens (tertiary/aromatic N) is 1. The average Bonchev–Trinajstić information content (AvgIpc) is 3.51. The summed E-state index contributed by atoms with van der Waals surface area (Å²) in [5.74, 6) is 0. The second kappa shape index (κ2) is 12.8. The molecule has 10 rings (SSSR count). The van der Waals surface area contributed by atoms with Crippen LogP contribution in [0.3, 0.4) is 0 Å². The molecular formula is C53H39N. The minimum Gasteiger partial charge on any atom is -0.311 e. The van der Waals surface area contributed by atoms with Crippen LogP contribution < -0.4 is 4.90 Å². The third-order valence-electron chi connectivity index (χ3n) is 11.5. The van der Waals surface area contributed by atoms with Crippen molar-refractivity contribution in [1.82, 2.24) is 0 Å². The van der Waals surface area contributed by atoms with Crippen LogP contribution >= 0.6 is 0 Å². The number of hydrogen-bond donors (Lipinski definition) is 0. The summed E-state index contributed by atoms with van der Waals surface area (Å²) in [6.07, 6.45) is 2.36. The number of hydrogen-bond acceptors (Lipinski definition) is 1. The van der Waals surface area contributed by atoms with E-state index in [1.54, 1.807) is 0 Å². The highest BCUT2D eigenvalue weighted by atomic mass is 15.1. The SMILES string of the molecule is CC1(C)C(c2ccc(N(c3ccc(-c4ccccc4)cc3)c3ccc(-c4ccc5c6ccccc6c6ccccc6c5c4)cc3)cc2)=Cc2ccccc21. The second-order valence-corrected chi connectivity index (χ2v) is 15.0. The molecule has 0 spiro atoms. The van der Waals surface area contributed by atoms with Gasteiger partial charge in [-0.3, -0.25) is 0 Å². The molecule has 0 N–H and O–H groups in total. The third-order valence-corrected chi connectivity index (χ3v) is 11.5. The predicted octanol–water partition coefficient (Wildman–Crippen LogP) is 14.8. The van der Waals surface area contributed by atoms with Crippen molar-refractivity contribution < 1.29 is 0 Å². The first kappa shape index (κ1) is 32.0. The molecule has 0 aromatic heterocycles. The van der Waals surface area contributed by atoms with Gasteiger partial charge in [0.15, 0.2) is 0 Å². The molecule has 1 nitrogen and oxygen atoms in total. The van der Waals surface area contributed by atoms with Crippen LogP contribution in [-0.2, 0) is 5.41 Å².